The van der Waals surface area contributed by atoms with E-state index in [1.807, 2.05) is 88.1 Å². The van der Waals surface area contributed by atoms with E-state index in [0.29, 0.717) is 19.8 Å². The fraction of sp³-hybridized carbons (Fsp3) is 0.269. The van der Waals surface area contributed by atoms with Crippen LogP contribution in [0.5, 0.6) is 0 Å². The number of aryl methyl sites for hydroxylation is 1. The summed E-state index contributed by atoms with van der Waals surface area (Å²) in [6.07, 6.45) is 5.46. The number of rotatable bonds is 4. The molecule has 1 amide bonds. The summed E-state index contributed by atoms with van der Waals surface area (Å²) in [6, 6.07) is 17.9. The van der Waals surface area contributed by atoms with Crippen molar-refractivity contribution in [3.05, 3.63) is 88.2 Å². The van der Waals surface area contributed by atoms with Crippen molar-refractivity contribution in [1.82, 2.24) is 23.6 Å². The Hall–Kier alpha value is -3.65. The van der Waals surface area contributed by atoms with Crippen molar-refractivity contribution in [3.8, 4) is 0 Å². The van der Waals surface area contributed by atoms with Crippen LogP contribution in [0.2, 0.25) is 0 Å². The monoisotopic (exact) mass is 471 g/mol. The van der Waals surface area contributed by atoms with Crippen LogP contribution < -0.4 is 4.87 Å². The van der Waals surface area contributed by atoms with Crippen molar-refractivity contribution in [3.63, 3.8) is 0 Å². The highest BCUT2D eigenvalue weighted by Gasteiger charge is 2.28. The van der Waals surface area contributed by atoms with Gasteiger partial charge in [-0.25, -0.2) is 4.98 Å². The third-order valence-electron chi connectivity index (χ3n) is 6.93. The summed E-state index contributed by atoms with van der Waals surface area (Å²) in [6.45, 7) is 1.84. The lowest BCUT2D eigenvalue weighted by Crippen LogP contribution is -2.39. The van der Waals surface area contributed by atoms with E-state index < -0.39 is 0 Å². The predicted molar refractivity (Wildman–Crippen MR) is 135 cm³/mol. The summed E-state index contributed by atoms with van der Waals surface area (Å²) >= 11 is 1.27. The molecule has 0 N–H and O–H groups in total. The average Bonchev–Trinajstić information content (AvgIpc) is 3.55. The molecule has 1 aliphatic heterocycles. The minimum atomic E-state index is 0.0382. The van der Waals surface area contributed by atoms with Crippen LogP contribution in [-0.2, 0) is 13.7 Å². The minimum Gasteiger partial charge on any atom is -0.340 e. The number of hydrogen-bond acceptors (Lipinski definition) is 4. The van der Waals surface area contributed by atoms with Gasteiger partial charge in [0.05, 0.1) is 10.2 Å². The summed E-state index contributed by atoms with van der Waals surface area (Å²) in [7, 11) is 1.95. The van der Waals surface area contributed by atoms with Gasteiger partial charge in [-0.2, -0.15) is 0 Å². The van der Waals surface area contributed by atoms with Crippen LogP contribution >= 0.6 is 11.3 Å². The first kappa shape index (κ1) is 20.9. The van der Waals surface area contributed by atoms with Crippen LogP contribution in [-0.4, -0.2) is 42.6 Å². The lowest BCUT2D eigenvalue weighted by atomic mass is 9.95. The lowest BCUT2D eigenvalue weighted by Gasteiger charge is -2.32. The van der Waals surface area contributed by atoms with Crippen LogP contribution in [0.15, 0.2) is 71.8 Å². The number of thiazole rings is 1. The Bertz CT molecular complexity index is 1560. The molecule has 6 rings (SSSR count). The standard InChI is InChI=1S/C26H25N5O2S/c1-28-20-7-3-2-6-19(20)16-22(28)25(32)29-13-10-18(11-14-29)24-27-12-15-30(24)17-31-21-8-4-5-9-23(21)34-26(31)33/h2-9,12,15-16,18H,10-11,13-14,17H2,1H3. The smallest absolute Gasteiger partial charge is 0.309 e. The van der Waals surface area contributed by atoms with Gasteiger partial charge in [-0.1, -0.05) is 41.7 Å². The number of fused-ring (bicyclic) bond motifs is 2. The molecule has 0 spiro atoms. The first-order valence-corrected chi connectivity index (χ1v) is 12.3. The molecule has 0 bridgehead atoms. The van der Waals surface area contributed by atoms with E-state index in [2.05, 4.69) is 9.55 Å². The molecule has 34 heavy (non-hydrogen) atoms. The molecule has 0 radical (unpaired) electrons. The molecular weight excluding hydrogens is 446 g/mol. The summed E-state index contributed by atoms with van der Waals surface area (Å²) < 4.78 is 6.87. The number of aromatic nitrogens is 4. The zero-order valence-electron chi connectivity index (χ0n) is 18.9. The second-order valence-electron chi connectivity index (χ2n) is 8.87. The molecule has 7 nitrogen and oxygen atoms in total. The molecule has 1 fully saturated rings. The van der Waals surface area contributed by atoms with Crippen LogP contribution in [0, 0.1) is 0 Å². The molecule has 1 saturated heterocycles. The number of carbonyl (C=O) groups excluding carboxylic acids is 1. The van der Waals surface area contributed by atoms with Crippen molar-refractivity contribution >= 4 is 38.4 Å². The fourth-order valence-corrected chi connectivity index (χ4v) is 5.98. The van der Waals surface area contributed by atoms with E-state index in [0.717, 1.165) is 45.5 Å². The highest BCUT2D eigenvalue weighted by Crippen LogP contribution is 2.29. The van der Waals surface area contributed by atoms with Gasteiger partial charge in [-0.15, -0.1) is 0 Å². The average molecular weight is 472 g/mol. The van der Waals surface area contributed by atoms with Gasteiger partial charge in [-0.05, 0) is 37.1 Å². The number of piperidine rings is 1. The van der Waals surface area contributed by atoms with Gasteiger partial charge in [0.2, 0.25) is 0 Å². The quantitative estimate of drug-likeness (QED) is 0.393. The highest BCUT2D eigenvalue weighted by molar-refractivity contribution is 7.16. The van der Waals surface area contributed by atoms with Gasteiger partial charge in [0.25, 0.3) is 5.91 Å². The molecule has 172 valence electrons. The Morgan fingerprint density at radius 1 is 1.06 bits per heavy atom. The fourth-order valence-electron chi connectivity index (χ4n) is 5.10. The molecule has 3 aromatic heterocycles. The van der Waals surface area contributed by atoms with E-state index in [9.17, 15) is 9.59 Å². The van der Waals surface area contributed by atoms with Gasteiger partial charge in [0.1, 0.15) is 18.2 Å². The molecule has 5 aromatic rings. The molecule has 1 aliphatic rings. The number of benzene rings is 2. The number of likely N-dealkylation sites (tertiary alicyclic amines) is 1. The molecule has 0 aliphatic carbocycles. The molecular formula is C26H25N5O2S. The molecule has 8 heteroatoms. The van der Waals surface area contributed by atoms with Crippen LogP contribution in [0.4, 0.5) is 0 Å². The predicted octanol–water partition coefficient (Wildman–Crippen LogP) is 4.28. The van der Waals surface area contributed by atoms with Gasteiger partial charge in [-0.3, -0.25) is 14.2 Å². The normalized spacial score (nSPS) is 14.9. The van der Waals surface area contributed by atoms with Crippen molar-refractivity contribution in [2.75, 3.05) is 13.1 Å². The van der Waals surface area contributed by atoms with E-state index in [1.54, 1.807) is 0 Å². The summed E-state index contributed by atoms with van der Waals surface area (Å²) in [5.74, 6) is 1.32. The number of para-hydroxylation sites is 2. The molecule has 2 aromatic carbocycles. The highest BCUT2D eigenvalue weighted by atomic mass is 32.1. The van der Waals surface area contributed by atoms with E-state index in [4.69, 9.17) is 0 Å². The van der Waals surface area contributed by atoms with Crippen molar-refractivity contribution in [2.24, 2.45) is 7.05 Å². The van der Waals surface area contributed by atoms with E-state index >= 15 is 0 Å². The van der Waals surface area contributed by atoms with Crippen molar-refractivity contribution < 1.29 is 4.79 Å². The zero-order valence-corrected chi connectivity index (χ0v) is 19.7. The van der Waals surface area contributed by atoms with Crippen molar-refractivity contribution in [2.45, 2.75) is 25.4 Å². The first-order chi connectivity index (χ1) is 16.6. The maximum absolute atomic E-state index is 13.3. The Morgan fingerprint density at radius 2 is 1.79 bits per heavy atom. The minimum absolute atomic E-state index is 0.0382. The van der Waals surface area contributed by atoms with E-state index in [-0.39, 0.29) is 16.7 Å². The Kier molecular flexibility index (Phi) is 5.10. The topological polar surface area (TPSA) is 65.1 Å². The van der Waals surface area contributed by atoms with Gasteiger partial charge >= 0.3 is 4.87 Å². The summed E-state index contributed by atoms with van der Waals surface area (Å²) in [4.78, 5) is 32.5. The number of imidazole rings is 1. The van der Waals surface area contributed by atoms with Crippen LogP contribution in [0.3, 0.4) is 0 Å². The second kappa shape index (κ2) is 8.29. The Balaban J connectivity index is 1.19. The summed E-state index contributed by atoms with van der Waals surface area (Å²) in [5, 5.41) is 1.08. The van der Waals surface area contributed by atoms with E-state index in [1.165, 1.54) is 11.3 Å². The second-order valence-corrected chi connectivity index (χ2v) is 9.87. The number of carbonyl (C=O) groups is 1. The largest absolute Gasteiger partial charge is 0.340 e. The molecule has 4 heterocycles. The maximum atomic E-state index is 13.3. The third-order valence-corrected chi connectivity index (χ3v) is 7.89. The van der Waals surface area contributed by atoms with Crippen LogP contribution in [0.1, 0.15) is 35.1 Å². The van der Waals surface area contributed by atoms with Gasteiger partial charge in [0, 0.05) is 49.4 Å². The van der Waals surface area contributed by atoms with Crippen molar-refractivity contribution in [1.29, 1.82) is 0 Å². The summed E-state index contributed by atoms with van der Waals surface area (Å²) in [5.41, 5.74) is 2.75. The third kappa shape index (κ3) is 3.45. The number of hydrogen-bond donors (Lipinski definition) is 0. The van der Waals surface area contributed by atoms with Gasteiger partial charge < -0.3 is 14.0 Å². The van der Waals surface area contributed by atoms with Crippen LogP contribution in [0.25, 0.3) is 21.1 Å². The molecule has 0 atom stereocenters. The Morgan fingerprint density at radius 3 is 2.59 bits per heavy atom. The number of nitrogens with zero attached hydrogens (tertiary/aromatic N) is 5. The Labute approximate surface area is 200 Å². The zero-order chi connectivity index (χ0) is 23.2. The molecule has 0 saturated carbocycles. The molecule has 0 unspecified atom stereocenters. The SMILES string of the molecule is Cn1c(C(=O)N2CCC(c3nccn3Cn3c(=O)sc4ccccc43)CC2)cc2ccccc21. The first-order valence-electron chi connectivity index (χ1n) is 11.5. The van der Waals surface area contributed by atoms with Gasteiger partial charge in [0.15, 0.2) is 0 Å². The maximum Gasteiger partial charge on any atom is 0.309 e. The lowest BCUT2D eigenvalue weighted by molar-refractivity contribution is 0.0701. The number of amides is 1.